The number of hydrogen-bond acceptors (Lipinski definition) is 3. The third-order valence-electron chi connectivity index (χ3n) is 5.45. The van der Waals surface area contributed by atoms with Crippen molar-refractivity contribution in [3.05, 3.63) is 82.4 Å². The zero-order valence-corrected chi connectivity index (χ0v) is 19.6. The lowest BCUT2D eigenvalue weighted by molar-refractivity contribution is 0.103. The first-order chi connectivity index (χ1) is 15.0. The Bertz CT molecular complexity index is 1060. The van der Waals surface area contributed by atoms with Gasteiger partial charge in [-0.15, -0.1) is 0 Å². The van der Waals surface area contributed by atoms with Crippen LogP contribution < -0.4 is 10.0 Å². The van der Waals surface area contributed by atoms with Crippen molar-refractivity contribution in [3.8, 4) is 16.9 Å². The molecule has 0 radical (unpaired) electrons. The Balaban J connectivity index is 2.00. The first-order valence-corrected chi connectivity index (χ1v) is 11.6. The number of carbonyl (C=O) groups excluding carboxylic acids is 1. The summed E-state index contributed by atoms with van der Waals surface area (Å²) < 4.78 is 17.7. The summed E-state index contributed by atoms with van der Waals surface area (Å²) >= 11 is 0. The lowest BCUT2D eigenvalue weighted by Crippen LogP contribution is -2.12. The van der Waals surface area contributed by atoms with E-state index >= 15 is 0 Å². The van der Waals surface area contributed by atoms with E-state index in [0.29, 0.717) is 28.6 Å². The van der Waals surface area contributed by atoms with Crippen molar-refractivity contribution in [3.63, 3.8) is 0 Å². The maximum atomic E-state index is 13.6. The molecule has 0 saturated carbocycles. The second-order valence-corrected chi connectivity index (χ2v) is 8.64. The molecule has 0 fully saturated rings. The normalized spacial score (nSPS) is 11.0. The van der Waals surface area contributed by atoms with E-state index in [9.17, 15) is 9.36 Å². The van der Waals surface area contributed by atoms with E-state index in [2.05, 4.69) is 6.92 Å². The maximum Gasteiger partial charge on any atom is 0.194 e. The van der Waals surface area contributed by atoms with Gasteiger partial charge in [-0.2, -0.15) is 0 Å². The molecule has 31 heavy (non-hydrogen) atoms. The van der Waals surface area contributed by atoms with Crippen LogP contribution in [0.3, 0.4) is 0 Å². The van der Waals surface area contributed by atoms with Crippen LogP contribution in [0.2, 0.25) is 0 Å². The molecule has 0 bridgehead atoms. The number of unbranched alkanes of at least 4 members (excludes halogenated alkanes) is 2. The second-order valence-electron chi connectivity index (χ2n) is 7.97. The zero-order chi connectivity index (χ0) is 22.4. The smallest absolute Gasteiger partial charge is 0.194 e. The Labute approximate surface area is 186 Å². The van der Waals surface area contributed by atoms with Gasteiger partial charge in [-0.05, 0) is 62.1 Å². The molecular weight excluding hydrogens is 403 g/mol. The van der Waals surface area contributed by atoms with Crippen LogP contribution in [0.5, 0.6) is 5.75 Å². The van der Waals surface area contributed by atoms with Crippen LogP contribution in [0.15, 0.2) is 54.6 Å². The molecule has 0 amide bonds. The summed E-state index contributed by atoms with van der Waals surface area (Å²) in [6.07, 6.45) is 3.34. The largest absolute Gasteiger partial charge is 0.494 e. The Hall–Kier alpha value is -2.77. The van der Waals surface area contributed by atoms with Crippen LogP contribution in [0.1, 0.15) is 58.8 Å². The van der Waals surface area contributed by atoms with Crippen molar-refractivity contribution in [2.45, 2.75) is 47.0 Å². The van der Waals surface area contributed by atoms with E-state index in [1.54, 1.807) is 12.1 Å². The van der Waals surface area contributed by atoms with E-state index in [-0.39, 0.29) is 14.2 Å². The fourth-order valence-corrected chi connectivity index (χ4v) is 4.53. The summed E-state index contributed by atoms with van der Waals surface area (Å²) in [6, 6.07) is 17.2. The first-order valence-electron chi connectivity index (χ1n) is 10.8. The van der Waals surface area contributed by atoms with E-state index in [1.807, 2.05) is 63.2 Å². The van der Waals surface area contributed by atoms with Gasteiger partial charge in [0.15, 0.2) is 14.2 Å². The van der Waals surface area contributed by atoms with Crippen LogP contribution in [0.4, 0.5) is 0 Å². The van der Waals surface area contributed by atoms with Crippen molar-refractivity contribution in [2.24, 2.45) is 0 Å². The molecule has 160 valence electrons. The molecule has 3 aromatic rings. The molecule has 0 aliphatic rings. The van der Waals surface area contributed by atoms with E-state index < -0.39 is 0 Å². The average molecular weight is 433 g/mol. The minimum atomic E-state index is -0.112. The molecule has 0 unspecified atom stereocenters. The van der Waals surface area contributed by atoms with Crippen LogP contribution in [-0.2, 0) is 4.57 Å². The van der Waals surface area contributed by atoms with Crippen molar-refractivity contribution < 1.29 is 14.1 Å². The summed E-state index contributed by atoms with van der Waals surface area (Å²) in [7, 11) is -0.112. The Kier molecular flexibility index (Phi) is 7.76. The summed E-state index contributed by atoms with van der Waals surface area (Å²) in [5.74, 6) is 0.755. The molecule has 0 aromatic heterocycles. The molecule has 4 heteroatoms. The number of ether oxygens (including phenoxy) is 1. The molecule has 0 aliphatic carbocycles. The van der Waals surface area contributed by atoms with Gasteiger partial charge in [0, 0.05) is 16.7 Å². The van der Waals surface area contributed by atoms with Crippen molar-refractivity contribution >= 4 is 19.5 Å². The predicted octanol–water partition coefficient (Wildman–Crippen LogP) is 7.00. The highest BCUT2D eigenvalue weighted by Gasteiger charge is 2.21. The van der Waals surface area contributed by atoms with Gasteiger partial charge in [0.25, 0.3) is 0 Å². The standard InChI is InChI=1S/C27H29O3P/c1-5-6-7-15-30-22-13-11-21(12-14-22)26-23(9-8-10-24(26)31-29)27(28)25-19(3)16-18(2)17-20(25)4/h8-14,16-17H,5-7,15H2,1-4H3. The highest BCUT2D eigenvalue weighted by molar-refractivity contribution is 7.34. The third kappa shape index (κ3) is 5.29. The van der Waals surface area contributed by atoms with E-state index in [4.69, 9.17) is 4.74 Å². The van der Waals surface area contributed by atoms with Gasteiger partial charge < -0.3 is 4.74 Å². The number of aryl methyl sites for hydroxylation is 3. The number of benzene rings is 3. The van der Waals surface area contributed by atoms with Crippen molar-refractivity contribution in [2.75, 3.05) is 6.61 Å². The quantitative estimate of drug-likeness (QED) is 0.208. The molecule has 0 aliphatic heterocycles. The highest BCUT2D eigenvalue weighted by atomic mass is 31.1. The monoisotopic (exact) mass is 432 g/mol. The molecular formula is C27H29O3P. The molecule has 3 aromatic carbocycles. The van der Waals surface area contributed by atoms with Gasteiger partial charge in [-0.1, -0.05) is 61.7 Å². The fraction of sp³-hybridized carbons (Fsp3) is 0.296. The number of hydrogen-bond donors (Lipinski definition) is 0. The van der Waals surface area contributed by atoms with Gasteiger partial charge in [0.05, 0.1) is 11.9 Å². The molecule has 0 atom stereocenters. The molecule has 3 rings (SSSR count). The maximum absolute atomic E-state index is 13.6. The number of rotatable bonds is 9. The Morgan fingerprint density at radius 2 is 1.61 bits per heavy atom. The van der Waals surface area contributed by atoms with Gasteiger partial charge in [-0.3, -0.25) is 9.36 Å². The summed E-state index contributed by atoms with van der Waals surface area (Å²) in [5, 5.41) is 0.602. The molecule has 0 saturated heterocycles. The van der Waals surface area contributed by atoms with Crippen molar-refractivity contribution in [1.82, 2.24) is 0 Å². The highest BCUT2D eigenvalue weighted by Crippen LogP contribution is 2.30. The summed E-state index contributed by atoms with van der Waals surface area (Å²) in [4.78, 5) is 13.6. The lowest BCUT2D eigenvalue weighted by Gasteiger charge is -2.15. The van der Waals surface area contributed by atoms with Crippen LogP contribution in [0, 0.1) is 20.8 Å². The Morgan fingerprint density at radius 1 is 0.935 bits per heavy atom. The Morgan fingerprint density at radius 3 is 2.23 bits per heavy atom. The minimum Gasteiger partial charge on any atom is -0.494 e. The average Bonchev–Trinajstić information content (AvgIpc) is 2.76. The van der Waals surface area contributed by atoms with Gasteiger partial charge >= 0.3 is 0 Å². The second kappa shape index (κ2) is 10.5. The van der Waals surface area contributed by atoms with Gasteiger partial charge in [0.2, 0.25) is 0 Å². The predicted molar refractivity (Wildman–Crippen MR) is 128 cm³/mol. The molecule has 0 N–H and O–H groups in total. The number of ketones is 1. The SMILES string of the molecule is CCCCCOc1ccc(-c2c(P=O)cccc2C(=O)c2c(C)cc(C)cc2C)cc1. The molecule has 3 nitrogen and oxygen atoms in total. The van der Waals surface area contributed by atoms with Crippen molar-refractivity contribution in [1.29, 1.82) is 0 Å². The first kappa shape index (κ1) is 22.9. The molecule has 0 heterocycles. The zero-order valence-electron chi connectivity index (χ0n) is 18.7. The minimum absolute atomic E-state index is 0.0459. The third-order valence-corrected chi connectivity index (χ3v) is 6.02. The summed E-state index contributed by atoms with van der Waals surface area (Å²) in [5.41, 5.74) is 5.87. The topological polar surface area (TPSA) is 43.4 Å². The fourth-order valence-electron chi connectivity index (χ4n) is 4.04. The van der Waals surface area contributed by atoms with E-state index in [0.717, 1.165) is 47.3 Å². The van der Waals surface area contributed by atoms with Gasteiger partial charge in [-0.25, -0.2) is 0 Å². The van der Waals surface area contributed by atoms with Gasteiger partial charge in [0.1, 0.15) is 5.75 Å². The molecule has 0 spiro atoms. The van der Waals surface area contributed by atoms with Crippen LogP contribution in [0.25, 0.3) is 11.1 Å². The number of carbonyl (C=O) groups is 1. The van der Waals surface area contributed by atoms with Crippen LogP contribution in [-0.4, -0.2) is 12.4 Å². The summed E-state index contributed by atoms with van der Waals surface area (Å²) in [6.45, 7) is 8.82. The van der Waals surface area contributed by atoms with Crippen LogP contribution >= 0.6 is 8.46 Å². The lowest BCUT2D eigenvalue weighted by atomic mass is 9.89. The van der Waals surface area contributed by atoms with E-state index in [1.165, 1.54) is 0 Å².